The quantitative estimate of drug-likeness (QED) is 0.305. The number of hydrogen-bond acceptors (Lipinski definition) is 5. The van der Waals surface area contributed by atoms with Gasteiger partial charge in [0, 0.05) is 12.6 Å². The normalized spacial score (nSPS) is 22.1. The molecule has 37 heavy (non-hydrogen) atoms. The first-order chi connectivity index (χ1) is 16.8. The molecule has 3 rings (SSSR count). The van der Waals surface area contributed by atoms with Crippen molar-refractivity contribution in [2.24, 2.45) is 5.41 Å². The molecule has 9 nitrogen and oxygen atoms in total. The Hall–Kier alpha value is -4.10. The smallest absolute Gasteiger partial charge is 0.408 e. The number of carbonyl (C=O) groups is 3. The van der Waals surface area contributed by atoms with E-state index in [1.165, 1.54) is 10.5 Å². The summed E-state index contributed by atoms with van der Waals surface area (Å²) in [5, 5.41) is 8.44. The standard InChI is InChI=1S/C27H39N4O5.Fm/c1-26(2,3)22(30-25(35)36-27(4,5)6)24(34)31-15-18(28-16-32)14-21(31)23(33)29-20-13-9-11-17-10-7-8-12-19(17)20;/h7-8,10,12,18,20-22H,9,11,13-15H2,1-6H3,(H,28,32)(H,29,33)(H,30,35);/q-1;. The molecular formula is C27H39FmN4O5-. The molecule has 0 spiro atoms. The Labute approximate surface area is 213 Å². The molecule has 10 heteroatoms. The Morgan fingerprint density at radius 2 is 1.78 bits per heavy atom. The Morgan fingerprint density at radius 3 is 2.41 bits per heavy atom. The van der Waals surface area contributed by atoms with E-state index >= 15 is 0 Å². The Morgan fingerprint density at radius 1 is 1.11 bits per heavy atom. The third-order valence-corrected chi connectivity index (χ3v) is 6.61. The van der Waals surface area contributed by atoms with Crippen LogP contribution < -0.4 is 16.0 Å². The average Bonchev–Trinajstić information content (AvgIpc) is 3.20. The van der Waals surface area contributed by atoms with Crippen molar-refractivity contribution in [1.29, 1.82) is 0 Å². The molecule has 1 aromatic carbocycles. The molecule has 1 fully saturated rings. The Bertz CT molecular complexity index is 988. The zero-order valence-corrected chi connectivity index (χ0v) is 24.8. The summed E-state index contributed by atoms with van der Waals surface area (Å²) >= 11 is 0. The van der Waals surface area contributed by atoms with E-state index in [2.05, 4.69) is 22.0 Å². The van der Waals surface area contributed by atoms with Crippen LogP contribution in [-0.2, 0) is 25.5 Å². The number of carbonyl (C=O) groups excluding carboxylic acids is 4. The van der Waals surface area contributed by atoms with Gasteiger partial charge in [0.05, 0.1) is 6.04 Å². The number of amides is 4. The number of nitrogens with one attached hydrogen (secondary N) is 3. The monoisotopic (exact) mass is 756 g/mol. The van der Waals surface area contributed by atoms with E-state index in [0.717, 1.165) is 24.8 Å². The minimum absolute atomic E-state index is 0. The van der Waals surface area contributed by atoms with Crippen LogP contribution in [0.4, 0.5) is 4.79 Å². The average molecular weight is 757 g/mol. The second kappa shape index (κ2) is 11.3. The molecule has 4 atom stereocenters. The first-order valence-electron chi connectivity index (χ1n) is 12.6. The number of nitrogens with zero attached hydrogens (tertiary/aromatic N) is 1. The number of alkyl carbamates (subject to hydrolysis) is 1. The van der Waals surface area contributed by atoms with Gasteiger partial charge in [0.1, 0.15) is 17.7 Å². The van der Waals surface area contributed by atoms with Crippen molar-refractivity contribution >= 4 is 24.3 Å². The summed E-state index contributed by atoms with van der Waals surface area (Å²) in [7, 11) is 0. The van der Waals surface area contributed by atoms with Gasteiger partial charge in [-0.3, -0.25) is 9.59 Å². The minimum atomic E-state index is -0.933. The second-order valence-electron chi connectivity index (χ2n) is 11.8. The molecule has 0 radical (unpaired) electrons. The maximum Gasteiger partial charge on any atom is 0.408 e. The summed E-state index contributed by atoms with van der Waals surface area (Å²) in [5.41, 5.74) is 0.942. The van der Waals surface area contributed by atoms with E-state index in [4.69, 9.17) is 4.74 Å². The fourth-order valence-electron chi connectivity index (χ4n) is 4.93. The van der Waals surface area contributed by atoms with Crippen molar-refractivity contribution in [2.75, 3.05) is 6.54 Å². The summed E-state index contributed by atoms with van der Waals surface area (Å²) in [4.78, 5) is 52.4. The summed E-state index contributed by atoms with van der Waals surface area (Å²) in [5.74, 6) is -0.669. The first kappa shape index (κ1) is 29.1. The van der Waals surface area contributed by atoms with Crippen molar-refractivity contribution in [3.8, 4) is 0 Å². The number of rotatable bonds is 6. The summed E-state index contributed by atoms with van der Waals surface area (Å²) in [6.45, 7) is 10.9. The Kier molecular flexibility index (Phi) is 8.90. The van der Waals surface area contributed by atoms with Gasteiger partial charge in [-0.15, -0.1) is 0 Å². The molecule has 0 saturated carbocycles. The van der Waals surface area contributed by atoms with Gasteiger partial charge in [0.15, 0.2) is 0 Å². The molecule has 1 aliphatic carbocycles. The molecule has 4 unspecified atom stereocenters. The topological polar surface area (TPSA) is 117 Å². The number of ether oxygens (including phenoxy) is 1. The van der Waals surface area contributed by atoms with Gasteiger partial charge < -0.3 is 30.4 Å². The van der Waals surface area contributed by atoms with Gasteiger partial charge in [-0.1, -0.05) is 45.0 Å². The van der Waals surface area contributed by atoms with Crippen molar-refractivity contribution in [1.82, 2.24) is 20.9 Å². The van der Waals surface area contributed by atoms with E-state index in [1.54, 1.807) is 27.2 Å². The van der Waals surface area contributed by atoms with Crippen LogP contribution in [0.25, 0.3) is 0 Å². The number of aryl methyl sites for hydroxylation is 1. The van der Waals surface area contributed by atoms with Crippen molar-refractivity contribution in [3.05, 3.63) is 35.4 Å². The van der Waals surface area contributed by atoms with Crippen LogP contribution in [0.15, 0.2) is 24.3 Å². The van der Waals surface area contributed by atoms with E-state index in [-0.39, 0.29) is 24.9 Å². The second-order valence-corrected chi connectivity index (χ2v) is 11.8. The van der Waals surface area contributed by atoms with Crippen LogP contribution in [0, 0.1) is 5.41 Å². The predicted molar refractivity (Wildman–Crippen MR) is 136 cm³/mol. The maximum absolute atomic E-state index is 13.8. The first-order valence-corrected chi connectivity index (χ1v) is 12.6. The zero-order valence-electron chi connectivity index (χ0n) is 22.4. The molecule has 2 aliphatic rings. The van der Waals surface area contributed by atoms with Crippen molar-refractivity contribution < 1.29 is 23.9 Å². The van der Waals surface area contributed by atoms with Gasteiger partial charge in [0.25, 0.3) is 0 Å². The van der Waals surface area contributed by atoms with Crippen LogP contribution in [0.5, 0.6) is 0 Å². The fourth-order valence-corrected chi connectivity index (χ4v) is 4.93. The molecular weight excluding hydrogens is 717 g/mol. The van der Waals surface area contributed by atoms with Crippen LogP contribution in [-0.4, -0.2) is 59.5 Å². The molecule has 0 bridgehead atoms. The SMILES string of the molecule is CC(C)(C)OC(=O)NC(C(=O)N1CC(N[C-]=O)CC1C(=O)NC1CCCc2ccccc21)C(C)(C)C.[Fm]. The number of hydrogen-bond donors (Lipinski definition) is 3. The Balaban J connectivity index is 0.00000481. The van der Waals surface area contributed by atoms with E-state index < -0.39 is 41.1 Å². The van der Waals surface area contributed by atoms with Crippen LogP contribution in [0.3, 0.4) is 0 Å². The summed E-state index contributed by atoms with van der Waals surface area (Å²) < 4.78 is 5.38. The zero-order chi connectivity index (χ0) is 26.7. The van der Waals surface area contributed by atoms with Crippen LogP contribution >= 0.6 is 0 Å². The van der Waals surface area contributed by atoms with Crippen LogP contribution in [0.2, 0.25) is 0 Å². The van der Waals surface area contributed by atoms with Gasteiger partial charge in [-0.25, -0.2) is 4.79 Å². The third kappa shape index (κ3) is 7.21. The number of benzene rings is 1. The molecule has 1 aliphatic heterocycles. The number of fused-ring (bicyclic) bond motifs is 1. The van der Waals surface area contributed by atoms with E-state index in [9.17, 15) is 19.2 Å². The molecule has 1 aromatic rings. The van der Waals surface area contributed by atoms with Crippen molar-refractivity contribution in [3.63, 3.8) is 0 Å². The molecule has 0 aromatic heterocycles. The van der Waals surface area contributed by atoms with Gasteiger partial charge >= 0.3 is 6.09 Å². The van der Waals surface area contributed by atoms with Gasteiger partial charge in [0.2, 0.25) is 11.8 Å². The largest absolute Gasteiger partial charge is 0.526 e. The van der Waals surface area contributed by atoms with Crippen LogP contribution in [0.1, 0.15) is 78.0 Å². The minimum Gasteiger partial charge on any atom is -0.526 e. The van der Waals surface area contributed by atoms with E-state index in [1.807, 2.05) is 39.0 Å². The maximum atomic E-state index is 13.8. The molecule has 1 saturated heterocycles. The molecule has 3 N–H and O–H groups in total. The van der Waals surface area contributed by atoms with E-state index in [0.29, 0.717) is 0 Å². The van der Waals surface area contributed by atoms with Gasteiger partial charge in [-0.2, -0.15) is 6.41 Å². The fraction of sp³-hybridized carbons (Fsp3) is 0.630. The molecule has 4 amide bonds. The summed E-state index contributed by atoms with van der Waals surface area (Å²) in [6, 6.07) is 5.80. The number of likely N-dealkylation sites (tertiary alicyclic amines) is 1. The summed E-state index contributed by atoms with van der Waals surface area (Å²) in [6.07, 6.45) is 4.00. The molecule has 210 valence electrons. The predicted octanol–water partition coefficient (Wildman–Crippen LogP) is 2.75. The molecule has 1 heterocycles. The third-order valence-electron chi connectivity index (χ3n) is 6.61. The van der Waals surface area contributed by atoms with Crippen molar-refractivity contribution in [2.45, 2.75) is 97.0 Å². The van der Waals surface area contributed by atoms with Gasteiger partial charge in [-0.05, 0) is 63.0 Å².